The van der Waals surface area contributed by atoms with Gasteiger partial charge in [-0.2, -0.15) is 11.3 Å². The molecule has 7 nitrogen and oxygen atoms in total. The van der Waals surface area contributed by atoms with Crippen LogP contribution >= 0.6 is 11.3 Å². The van der Waals surface area contributed by atoms with Crippen LogP contribution in [-0.4, -0.2) is 55.9 Å². The fourth-order valence-corrected chi connectivity index (χ4v) is 4.94. The fourth-order valence-electron chi connectivity index (χ4n) is 4.28. The van der Waals surface area contributed by atoms with Crippen molar-refractivity contribution >= 4 is 34.0 Å². The first kappa shape index (κ1) is 21.0. The van der Waals surface area contributed by atoms with Crippen LogP contribution in [0.25, 0.3) is 10.9 Å². The molecule has 0 bridgehead atoms. The lowest BCUT2D eigenvalue weighted by molar-refractivity contribution is -0.132. The van der Waals surface area contributed by atoms with E-state index >= 15 is 0 Å². The molecule has 1 unspecified atom stereocenters. The van der Waals surface area contributed by atoms with Crippen LogP contribution in [0.5, 0.6) is 11.5 Å². The quantitative estimate of drug-likeness (QED) is 0.542. The van der Waals surface area contributed by atoms with Crippen molar-refractivity contribution in [3.05, 3.63) is 46.2 Å². The molecule has 168 valence electrons. The van der Waals surface area contributed by atoms with Crippen molar-refractivity contribution in [3.63, 3.8) is 0 Å². The first-order valence-electron chi connectivity index (χ1n) is 10.9. The average Bonchev–Trinajstić information content (AvgIpc) is 3.54. The van der Waals surface area contributed by atoms with E-state index in [1.165, 1.54) is 0 Å². The van der Waals surface area contributed by atoms with Gasteiger partial charge in [-0.3, -0.25) is 4.79 Å². The van der Waals surface area contributed by atoms with Crippen molar-refractivity contribution in [1.82, 2.24) is 9.88 Å². The Morgan fingerprint density at radius 2 is 2.06 bits per heavy atom. The van der Waals surface area contributed by atoms with Gasteiger partial charge in [0.15, 0.2) is 11.5 Å². The Hall–Kier alpha value is -2.84. The van der Waals surface area contributed by atoms with Crippen LogP contribution in [0.1, 0.15) is 24.0 Å². The van der Waals surface area contributed by atoms with Crippen molar-refractivity contribution in [1.29, 1.82) is 0 Å². The van der Waals surface area contributed by atoms with Gasteiger partial charge in [0, 0.05) is 50.8 Å². The van der Waals surface area contributed by atoms with E-state index in [-0.39, 0.29) is 18.8 Å². The molecule has 0 saturated carbocycles. The number of hydrogen-bond acceptors (Lipinski definition) is 7. The van der Waals surface area contributed by atoms with Crippen LogP contribution in [0.3, 0.4) is 0 Å². The minimum atomic E-state index is 0.0893. The molecule has 2 aliphatic heterocycles. The number of pyridine rings is 1. The van der Waals surface area contributed by atoms with E-state index in [0.717, 1.165) is 53.0 Å². The Labute approximate surface area is 191 Å². The molecule has 2 aliphatic rings. The third kappa shape index (κ3) is 4.38. The Balaban J connectivity index is 1.47. The predicted octanol–water partition coefficient (Wildman–Crippen LogP) is 3.84. The number of fused-ring (bicyclic) bond motifs is 2. The lowest BCUT2D eigenvalue weighted by Crippen LogP contribution is -2.38. The summed E-state index contributed by atoms with van der Waals surface area (Å²) in [6, 6.07) is 8.00. The number of carbonyl (C=O) groups is 1. The zero-order chi connectivity index (χ0) is 22.1. The maximum atomic E-state index is 13.3. The molecule has 1 saturated heterocycles. The second-order valence-corrected chi connectivity index (χ2v) is 9.26. The summed E-state index contributed by atoms with van der Waals surface area (Å²) in [7, 11) is 3.95. The van der Waals surface area contributed by atoms with Gasteiger partial charge >= 0.3 is 0 Å². The summed E-state index contributed by atoms with van der Waals surface area (Å²) in [4.78, 5) is 22.1. The molecular weight excluding hydrogens is 426 g/mol. The van der Waals surface area contributed by atoms with Gasteiger partial charge in [0.2, 0.25) is 12.7 Å². The molecule has 32 heavy (non-hydrogen) atoms. The van der Waals surface area contributed by atoms with E-state index in [0.29, 0.717) is 25.3 Å². The Kier molecular flexibility index (Phi) is 5.89. The van der Waals surface area contributed by atoms with Gasteiger partial charge in [-0.25, -0.2) is 4.98 Å². The first-order chi connectivity index (χ1) is 15.6. The molecule has 4 heterocycles. The highest BCUT2D eigenvalue weighted by molar-refractivity contribution is 7.08. The van der Waals surface area contributed by atoms with Gasteiger partial charge in [-0.05, 0) is 47.4 Å². The molecule has 2 aromatic heterocycles. The molecular formula is C24H27N3O4S. The van der Waals surface area contributed by atoms with E-state index in [2.05, 4.69) is 6.07 Å². The van der Waals surface area contributed by atoms with Crippen LogP contribution in [0.4, 0.5) is 5.82 Å². The molecule has 8 heteroatoms. The van der Waals surface area contributed by atoms with Crippen molar-refractivity contribution in [3.8, 4) is 11.5 Å². The second-order valence-electron chi connectivity index (χ2n) is 8.48. The number of thiophene rings is 1. The summed E-state index contributed by atoms with van der Waals surface area (Å²) in [5.41, 5.74) is 2.89. The van der Waals surface area contributed by atoms with Crippen LogP contribution in [-0.2, 0) is 22.5 Å². The number of ether oxygens (including phenoxy) is 3. The van der Waals surface area contributed by atoms with Gasteiger partial charge in [-0.1, -0.05) is 0 Å². The first-order valence-corrected chi connectivity index (χ1v) is 11.8. The number of carbonyl (C=O) groups excluding carboxylic acids is 1. The van der Waals surface area contributed by atoms with Crippen LogP contribution < -0.4 is 14.4 Å². The van der Waals surface area contributed by atoms with Crippen molar-refractivity contribution in [2.45, 2.75) is 31.9 Å². The topological polar surface area (TPSA) is 64.1 Å². The minimum Gasteiger partial charge on any atom is -0.454 e. The van der Waals surface area contributed by atoms with Gasteiger partial charge in [0.1, 0.15) is 5.82 Å². The van der Waals surface area contributed by atoms with E-state index in [1.807, 2.05) is 52.9 Å². The largest absolute Gasteiger partial charge is 0.454 e. The average molecular weight is 454 g/mol. The van der Waals surface area contributed by atoms with Crippen molar-refractivity contribution < 1.29 is 19.0 Å². The fraction of sp³-hybridized carbons (Fsp3) is 0.417. The highest BCUT2D eigenvalue weighted by atomic mass is 32.1. The van der Waals surface area contributed by atoms with Gasteiger partial charge < -0.3 is 24.0 Å². The molecule has 0 aliphatic carbocycles. The normalized spacial score (nSPS) is 17.1. The van der Waals surface area contributed by atoms with Crippen LogP contribution in [0, 0.1) is 0 Å². The number of hydrogen-bond donors (Lipinski definition) is 0. The van der Waals surface area contributed by atoms with Gasteiger partial charge in [0.25, 0.3) is 0 Å². The number of nitrogens with zero attached hydrogens (tertiary/aromatic N) is 3. The standard InChI is InChI=1S/C24H27N3O4S/c1-26(2)24-18(9-17-10-21-22(31-15-30-21)11-20(17)25-24)12-27(13-19-4-3-6-29-19)23(28)8-16-5-7-32-14-16/h5,7,9-11,14,19H,3-4,6,8,12-13,15H2,1-2H3. The number of rotatable bonds is 7. The molecule has 1 atom stereocenters. The molecule has 1 aromatic carbocycles. The molecule has 0 N–H and O–H groups in total. The zero-order valence-electron chi connectivity index (χ0n) is 18.4. The second kappa shape index (κ2) is 8.96. The predicted molar refractivity (Wildman–Crippen MR) is 125 cm³/mol. The van der Waals surface area contributed by atoms with Crippen LogP contribution in [0.15, 0.2) is 35.0 Å². The van der Waals surface area contributed by atoms with E-state index in [9.17, 15) is 4.79 Å². The third-order valence-corrected chi connectivity index (χ3v) is 6.62. The number of benzene rings is 1. The van der Waals surface area contributed by atoms with Crippen molar-refractivity contribution in [2.24, 2.45) is 0 Å². The summed E-state index contributed by atoms with van der Waals surface area (Å²) in [5.74, 6) is 2.40. The molecule has 3 aromatic rings. The zero-order valence-corrected chi connectivity index (χ0v) is 19.2. The minimum absolute atomic E-state index is 0.0893. The van der Waals surface area contributed by atoms with Crippen LogP contribution in [0.2, 0.25) is 0 Å². The summed E-state index contributed by atoms with van der Waals surface area (Å²) in [5, 5.41) is 5.01. The van der Waals surface area contributed by atoms with Crippen molar-refractivity contribution in [2.75, 3.05) is 38.9 Å². The highest BCUT2D eigenvalue weighted by Crippen LogP contribution is 2.37. The number of amides is 1. The van der Waals surface area contributed by atoms with E-state index < -0.39 is 0 Å². The molecule has 0 radical (unpaired) electrons. The maximum Gasteiger partial charge on any atom is 0.231 e. The monoisotopic (exact) mass is 453 g/mol. The van der Waals surface area contributed by atoms with Gasteiger partial charge in [0.05, 0.1) is 18.0 Å². The van der Waals surface area contributed by atoms with Gasteiger partial charge in [-0.15, -0.1) is 0 Å². The SMILES string of the molecule is CN(C)c1nc2cc3c(cc2cc1CN(CC1CCCO1)C(=O)Cc1ccsc1)OCO3. The highest BCUT2D eigenvalue weighted by Gasteiger charge is 2.25. The Bertz CT molecular complexity index is 1110. The maximum absolute atomic E-state index is 13.3. The molecule has 1 amide bonds. The van der Waals surface area contributed by atoms with E-state index in [4.69, 9.17) is 19.2 Å². The summed E-state index contributed by atoms with van der Waals surface area (Å²) in [6.07, 6.45) is 2.52. The lowest BCUT2D eigenvalue weighted by atomic mass is 10.1. The molecule has 0 spiro atoms. The Morgan fingerprint density at radius 3 is 2.78 bits per heavy atom. The number of anilines is 1. The number of aromatic nitrogens is 1. The third-order valence-electron chi connectivity index (χ3n) is 5.89. The summed E-state index contributed by atoms with van der Waals surface area (Å²) < 4.78 is 16.9. The Morgan fingerprint density at radius 1 is 1.22 bits per heavy atom. The summed E-state index contributed by atoms with van der Waals surface area (Å²) in [6.45, 7) is 2.07. The van der Waals surface area contributed by atoms with E-state index in [1.54, 1.807) is 11.3 Å². The lowest BCUT2D eigenvalue weighted by Gasteiger charge is -2.27. The summed E-state index contributed by atoms with van der Waals surface area (Å²) >= 11 is 1.61. The molecule has 1 fully saturated rings. The molecule has 5 rings (SSSR count). The smallest absolute Gasteiger partial charge is 0.231 e.